The smallest absolute Gasteiger partial charge is 0.360 e. The molecular weight excluding hydrogens is 496 g/mol. The number of nitrogens with zero attached hydrogens (tertiary/aromatic N) is 4. The van der Waals surface area contributed by atoms with Gasteiger partial charge in [-0.15, -0.1) is 4.73 Å². The minimum absolute atomic E-state index is 0.133. The lowest BCUT2D eigenvalue weighted by Gasteiger charge is -2.24. The van der Waals surface area contributed by atoms with Gasteiger partial charge < -0.3 is 9.57 Å². The zero-order chi connectivity index (χ0) is 24.7. The molecule has 0 radical (unpaired) electrons. The summed E-state index contributed by atoms with van der Waals surface area (Å²) in [6, 6.07) is 6.45. The SMILES string of the molecule is CC(C)C(On1c(=O)[nH]c2nc(-c3cnn(C4CCOCC4)c3)ccc21)c1c(Cl)ccc(F)c1Cl. The number of ether oxygens (including phenoxy) is 1. The molecule has 3 aromatic heterocycles. The van der Waals surface area contributed by atoms with Gasteiger partial charge in [-0.3, -0.25) is 9.67 Å². The summed E-state index contributed by atoms with van der Waals surface area (Å²) in [5.41, 5.74) is 2.06. The molecular formula is C24H24Cl2FN5O3. The molecule has 1 fully saturated rings. The number of pyridine rings is 1. The fourth-order valence-electron chi connectivity index (χ4n) is 4.28. The summed E-state index contributed by atoms with van der Waals surface area (Å²) in [5, 5.41) is 4.62. The lowest BCUT2D eigenvalue weighted by atomic mass is 9.99. The zero-order valence-corrected chi connectivity index (χ0v) is 20.7. The molecule has 1 aliphatic rings. The molecule has 0 amide bonds. The van der Waals surface area contributed by atoms with Crippen LogP contribution in [0.15, 0.2) is 41.5 Å². The summed E-state index contributed by atoms with van der Waals surface area (Å²) in [4.78, 5) is 26.2. The largest absolute Gasteiger partial charge is 0.400 e. The number of aromatic nitrogens is 5. The summed E-state index contributed by atoms with van der Waals surface area (Å²) >= 11 is 12.6. The normalized spacial score (nSPS) is 15.7. The van der Waals surface area contributed by atoms with Crippen molar-refractivity contribution in [3.8, 4) is 11.3 Å². The van der Waals surface area contributed by atoms with E-state index in [1.165, 1.54) is 12.1 Å². The summed E-state index contributed by atoms with van der Waals surface area (Å²) < 4.78 is 22.7. The quantitative estimate of drug-likeness (QED) is 0.353. The van der Waals surface area contributed by atoms with Gasteiger partial charge in [0, 0.05) is 35.6 Å². The van der Waals surface area contributed by atoms with E-state index >= 15 is 0 Å². The third kappa shape index (κ3) is 4.55. The van der Waals surface area contributed by atoms with Crippen LogP contribution in [0.25, 0.3) is 22.4 Å². The maximum atomic E-state index is 14.2. The van der Waals surface area contributed by atoms with Crippen LogP contribution in [0, 0.1) is 11.7 Å². The lowest BCUT2D eigenvalue weighted by molar-refractivity contribution is 0.00879. The number of hydrogen-bond acceptors (Lipinski definition) is 5. The van der Waals surface area contributed by atoms with Crippen LogP contribution in [-0.4, -0.2) is 37.7 Å². The van der Waals surface area contributed by atoms with E-state index in [-0.39, 0.29) is 21.5 Å². The monoisotopic (exact) mass is 519 g/mol. The number of nitrogens with one attached hydrogen (secondary N) is 1. The molecule has 0 bridgehead atoms. The number of fused-ring (bicyclic) bond motifs is 1. The zero-order valence-electron chi connectivity index (χ0n) is 19.2. The first-order valence-electron chi connectivity index (χ1n) is 11.4. The fraction of sp³-hybridized carbons (Fsp3) is 0.375. The Balaban J connectivity index is 1.48. The van der Waals surface area contributed by atoms with Crippen LogP contribution < -0.4 is 10.5 Å². The van der Waals surface area contributed by atoms with Crippen LogP contribution in [0.1, 0.15) is 44.4 Å². The van der Waals surface area contributed by atoms with E-state index in [1.54, 1.807) is 18.3 Å². The van der Waals surface area contributed by atoms with Gasteiger partial charge >= 0.3 is 5.69 Å². The van der Waals surface area contributed by atoms with E-state index in [1.807, 2.05) is 24.7 Å². The van der Waals surface area contributed by atoms with Crippen molar-refractivity contribution >= 4 is 34.4 Å². The highest BCUT2D eigenvalue weighted by atomic mass is 35.5. The van der Waals surface area contributed by atoms with Crippen molar-refractivity contribution in [1.29, 1.82) is 0 Å². The van der Waals surface area contributed by atoms with Crippen LogP contribution in [0.3, 0.4) is 0 Å². The maximum Gasteiger partial charge on any atom is 0.360 e. The summed E-state index contributed by atoms with van der Waals surface area (Å²) in [7, 11) is 0. The third-order valence-corrected chi connectivity index (χ3v) is 6.87. The Kier molecular flexibility index (Phi) is 6.57. The van der Waals surface area contributed by atoms with E-state index in [0.717, 1.165) is 36.3 Å². The van der Waals surface area contributed by atoms with Gasteiger partial charge in [0.05, 0.1) is 23.0 Å². The van der Waals surface area contributed by atoms with E-state index in [9.17, 15) is 9.18 Å². The highest BCUT2D eigenvalue weighted by Gasteiger charge is 2.27. The Labute approximate surface area is 210 Å². The molecule has 184 valence electrons. The van der Waals surface area contributed by atoms with E-state index in [4.69, 9.17) is 32.8 Å². The van der Waals surface area contributed by atoms with Gasteiger partial charge in [0.25, 0.3) is 0 Å². The second-order valence-electron chi connectivity index (χ2n) is 8.87. The molecule has 1 atom stereocenters. The van der Waals surface area contributed by atoms with Gasteiger partial charge in [-0.05, 0) is 43.0 Å². The van der Waals surface area contributed by atoms with Crippen molar-refractivity contribution in [2.24, 2.45) is 5.92 Å². The second-order valence-corrected chi connectivity index (χ2v) is 9.65. The number of benzene rings is 1. The molecule has 1 aliphatic heterocycles. The van der Waals surface area contributed by atoms with Crippen molar-refractivity contribution in [3.05, 3.63) is 68.6 Å². The molecule has 0 saturated carbocycles. The topological polar surface area (TPSA) is 87.0 Å². The average Bonchev–Trinajstić information content (AvgIpc) is 3.46. The first-order valence-corrected chi connectivity index (χ1v) is 12.1. The average molecular weight is 520 g/mol. The molecule has 11 heteroatoms. The third-order valence-electron chi connectivity index (χ3n) is 6.15. The molecule has 4 aromatic rings. The molecule has 1 aromatic carbocycles. The standard InChI is InChI=1S/C24H24Cl2FN5O3/c1-13(2)22(20-16(25)3-4-17(27)21(20)26)35-32-19-6-5-18(29-23(19)30-24(32)33)14-11-28-31(12-14)15-7-9-34-10-8-15/h3-6,11-13,15,22H,7-10H2,1-2H3,(H,29,30,33). The van der Waals surface area contributed by atoms with Gasteiger partial charge in [-0.2, -0.15) is 5.10 Å². The fourth-order valence-corrected chi connectivity index (χ4v) is 4.86. The molecule has 0 aliphatic carbocycles. The number of hydrogen-bond donors (Lipinski definition) is 1. The van der Waals surface area contributed by atoms with Crippen LogP contribution in [0.5, 0.6) is 0 Å². The predicted molar refractivity (Wildman–Crippen MR) is 131 cm³/mol. The lowest BCUT2D eigenvalue weighted by Crippen LogP contribution is -2.30. The Hall–Kier alpha value is -2.88. The van der Waals surface area contributed by atoms with Crippen molar-refractivity contribution in [2.75, 3.05) is 13.2 Å². The van der Waals surface area contributed by atoms with Gasteiger partial charge in [0.2, 0.25) is 0 Å². The van der Waals surface area contributed by atoms with Crippen molar-refractivity contribution < 1.29 is 14.0 Å². The Bertz CT molecular complexity index is 1420. The van der Waals surface area contributed by atoms with Crippen LogP contribution in [-0.2, 0) is 4.74 Å². The number of H-pyrrole nitrogens is 1. The summed E-state index contributed by atoms with van der Waals surface area (Å²) in [6.45, 7) is 5.19. The first-order chi connectivity index (χ1) is 16.8. The van der Waals surface area contributed by atoms with E-state index < -0.39 is 17.6 Å². The highest BCUT2D eigenvalue weighted by Crippen LogP contribution is 2.37. The molecule has 0 spiro atoms. The Morgan fingerprint density at radius 1 is 1.20 bits per heavy atom. The van der Waals surface area contributed by atoms with Gasteiger partial charge in [-0.25, -0.2) is 14.2 Å². The van der Waals surface area contributed by atoms with Crippen LogP contribution in [0.4, 0.5) is 4.39 Å². The van der Waals surface area contributed by atoms with E-state index in [2.05, 4.69) is 15.1 Å². The van der Waals surface area contributed by atoms with Crippen molar-refractivity contribution in [2.45, 2.75) is 38.8 Å². The van der Waals surface area contributed by atoms with Crippen LogP contribution in [0.2, 0.25) is 10.0 Å². The molecule has 1 N–H and O–H groups in total. The van der Waals surface area contributed by atoms with Gasteiger partial charge in [0.1, 0.15) is 11.3 Å². The Morgan fingerprint density at radius 2 is 1.97 bits per heavy atom. The molecule has 8 nitrogen and oxygen atoms in total. The van der Waals surface area contributed by atoms with Crippen molar-refractivity contribution in [3.63, 3.8) is 0 Å². The minimum Gasteiger partial charge on any atom is -0.400 e. The number of rotatable bonds is 6. The predicted octanol–water partition coefficient (Wildman–Crippen LogP) is 5.21. The number of halogens is 3. The Morgan fingerprint density at radius 3 is 2.71 bits per heavy atom. The van der Waals surface area contributed by atoms with E-state index in [0.29, 0.717) is 22.9 Å². The van der Waals surface area contributed by atoms with Crippen LogP contribution >= 0.6 is 23.2 Å². The van der Waals surface area contributed by atoms with Crippen molar-refractivity contribution in [1.82, 2.24) is 24.5 Å². The van der Waals surface area contributed by atoms with Gasteiger partial charge in [0.15, 0.2) is 11.8 Å². The molecule has 1 unspecified atom stereocenters. The molecule has 1 saturated heterocycles. The second kappa shape index (κ2) is 9.64. The highest BCUT2D eigenvalue weighted by molar-refractivity contribution is 6.36. The minimum atomic E-state index is -0.778. The summed E-state index contributed by atoms with van der Waals surface area (Å²) in [6.07, 6.45) is 4.77. The summed E-state index contributed by atoms with van der Waals surface area (Å²) in [5.74, 6) is -0.786. The van der Waals surface area contributed by atoms with Gasteiger partial charge in [-0.1, -0.05) is 37.0 Å². The first kappa shape index (κ1) is 23.8. The number of imidazole rings is 1. The number of aromatic amines is 1. The maximum absolute atomic E-state index is 14.2. The molecule has 5 rings (SSSR count). The molecule has 35 heavy (non-hydrogen) atoms. The molecule has 4 heterocycles.